The number of carbonyl (C=O) groups excluding carboxylic acids is 1. The third-order valence-corrected chi connectivity index (χ3v) is 6.08. The van der Waals surface area contributed by atoms with Gasteiger partial charge in [-0.2, -0.15) is 0 Å². The van der Waals surface area contributed by atoms with E-state index in [1.165, 1.54) is 17.4 Å². The lowest BCUT2D eigenvalue weighted by Crippen LogP contribution is -2.37. The van der Waals surface area contributed by atoms with Gasteiger partial charge < -0.3 is 14.2 Å². The van der Waals surface area contributed by atoms with E-state index in [1.54, 1.807) is 35.2 Å². The molecule has 0 bridgehead atoms. The molecule has 31 heavy (non-hydrogen) atoms. The predicted molar refractivity (Wildman–Crippen MR) is 119 cm³/mol. The van der Waals surface area contributed by atoms with Gasteiger partial charge in [0.05, 0.1) is 30.6 Å². The molecule has 1 aliphatic rings. The molecular formula is C23H25FN2O4S. The largest absolute Gasteiger partial charge is 0.490 e. The summed E-state index contributed by atoms with van der Waals surface area (Å²) in [5, 5.41) is 0.451. The first-order chi connectivity index (χ1) is 15.1. The molecule has 0 radical (unpaired) electrons. The molecule has 164 valence electrons. The lowest BCUT2D eigenvalue weighted by atomic mass is 10.1. The van der Waals surface area contributed by atoms with E-state index >= 15 is 0 Å². The maximum Gasteiger partial charge on any atom is 0.260 e. The maximum absolute atomic E-state index is 14.2. The minimum absolute atomic E-state index is 0.0742. The van der Waals surface area contributed by atoms with E-state index in [1.807, 2.05) is 13.8 Å². The lowest BCUT2D eigenvalue weighted by molar-refractivity contribution is 0.0917. The van der Waals surface area contributed by atoms with Crippen molar-refractivity contribution in [2.45, 2.75) is 32.8 Å². The maximum atomic E-state index is 14.2. The SMILES string of the molecule is CCOc1ccc(C(=O)N(CC2CCCO2)c2nc3c(F)cccc3s2)cc1OCC. The summed E-state index contributed by atoms with van der Waals surface area (Å²) in [6.45, 7) is 5.76. The monoisotopic (exact) mass is 444 g/mol. The van der Waals surface area contributed by atoms with E-state index in [2.05, 4.69) is 4.98 Å². The van der Waals surface area contributed by atoms with Gasteiger partial charge in [-0.15, -0.1) is 0 Å². The van der Waals surface area contributed by atoms with Crippen molar-refractivity contribution < 1.29 is 23.4 Å². The van der Waals surface area contributed by atoms with Crippen LogP contribution in [0, 0.1) is 5.82 Å². The summed E-state index contributed by atoms with van der Waals surface area (Å²) in [7, 11) is 0. The number of hydrogen-bond acceptors (Lipinski definition) is 6. The van der Waals surface area contributed by atoms with Crippen LogP contribution in [0.25, 0.3) is 10.2 Å². The zero-order valence-corrected chi connectivity index (χ0v) is 18.4. The Morgan fingerprint density at radius 1 is 1.23 bits per heavy atom. The second-order valence-electron chi connectivity index (χ2n) is 7.16. The van der Waals surface area contributed by atoms with Gasteiger partial charge in [0.15, 0.2) is 16.6 Å². The molecule has 4 rings (SSSR count). The van der Waals surface area contributed by atoms with Crippen molar-refractivity contribution in [3.8, 4) is 11.5 Å². The van der Waals surface area contributed by atoms with Crippen LogP contribution >= 0.6 is 11.3 Å². The highest BCUT2D eigenvalue weighted by atomic mass is 32.1. The van der Waals surface area contributed by atoms with Gasteiger partial charge in [-0.3, -0.25) is 9.69 Å². The van der Waals surface area contributed by atoms with Crippen LogP contribution in [0.5, 0.6) is 11.5 Å². The third-order valence-electron chi connectivity index (χ3n) is 5.04. The Labute approximate surface area is 184 Å². The van der Waals surface area contributed by atoms with Gasteiger partial charge >= 0.3 is 0 Å². The normalized spacial score (nSPS) is 15.9. The molecular weight excluding hydrogens is 419 g/mol. The predicted octanol–water partition coefficient (Wildman–Crippen LogP) is 5.06. The Bertz CT molecular complexity index is 1060. The molecule has 1 saturated heterocycles. The number of rotatable bonds is 8. The molecule has 1 aromatic heterocycles. The minimum atomic E-state index is -0.399. The van der Waals surface area contributed by atoms with E-state index in [0.29, 0.717) is 53.3 Å². The van der Waals surface area contributed by atoms with Crippen LogP contribution in [0.1, 0.15) is 37.0 Å². The van der Waals surface area contributed by atoms with Crippen LogP contribution in [0.3, 0.4) is 0 Å². The average molecular weight is 445 g/mol. The highest BCUT2D eigenvalue weighted by molar-refractivity contribution is 7.22. The van der Waals surface area contributed by atoms with E-state index in [4.69, 9.17) is 14.2 Å². The summed E-state index contributed by atoms with van der Waals surface area (Å²) in [6, 6.07) is 9.97. The quantitative estimate of drug-likeness (QED) is 0.486. The number of fused-ring (bicyclic) bond motifs is 1. The third kappa shape index (κ3) is 4.65. The first-order valence-corrected chi connectivity index (χ1v) is 11.3. The standard InChI is InChI=1S/C23H25FN2O4S/c1-3-28-18-11-10-15(13-19(18)29-4-2)22(27)26(14-16-7-6-12-30-16)23-25-21-17(24)8-5-9-20(21)31-23/h5,8-11,13,16H,3-4,6-7,12,14H2,1-2H3. The number of benzene rings is 2. The van der Waals surface area contributed by atoms with Gasteiger partial charge in [0, 0.05) is 12.2 Å². The zero-order chi connectivity index (χ0) is 21.8. The van der Waals surface area contributed by atoms with Gasteiger partial charge in [-0.05, 0) is 57.0 Å². The highest BCUT2D eigenvalue weighted by Gasteiger charge is 2.28. The van der Waals surface area contributed by atoms with Crippen molar-refractivity contribution in [1.82, 2.24) is 4.98 Å². The molecule has 1 fully saturated rings. The van der Waals surface area contributed by atoms with Gasteiger partial charge in [-0.25, -0.2) is 9.37 Å². The molecule has 6 nitrogen and oxygen atoms in total. The van der Waals surface area contributed by atoms with Gasteiger partial charge in [0.25, 0.3) is 5.91 Å². The van der Waals surface area contributed by atoms with Crippen molar-refractivity contribution in [2.75, 3.05) is 31.3 Å². The summed E-state index contributed by atoms with van der Waals surface area (Å²) < 4.78 is 32.0. The second kappa shape index (κ2) is 9.62. The molecule has 1 unspecified atom stereocenters. The number of carbonyl (C=O) groups is 1. The van der Waals surface area contributed by atoms with Crippen molar-refractivity contribution in [2.24, 2.45) is 0 Å². The molecule has 3 aromatic rings. The molecule has 0 aliphatic carbocycles. The van der Waals surface area contributed by atoms with Crippen LogP contribution in [0.4, 0.5) is 9.52 Å². The Hall–Kier alpha value is -2.71. The number of amides is 1. The molecule has 1 aliphatic heterocycles. The summed E-state index contributed by atoms with van der Waals surface area (Å²) in [6.07, 6.45) is 1.75. The number of anilines is 1. The first-order valence-electron chi connectivity index (χ1n) is 10.5. The van der Waals surface area contributed by atoms with Crippen LogP contribution in [0.2, 0.25) is 0 Å². The van der Waals surface area contributed by atoms with E-state index in [9.17, 15) is 9.18 Å². The van der Waals surface area contributed by atoms with E-state index in [0.717, 1.165) is 12.8 Å². The fourth-order valence-electron chi connectivity index (χ4n) is 3.60. The molecule has 2 heterocycles. The summed E-state index contributed by atoms with van der Waals surface area (Å²) in [4.78, 5) is 19.6. The van der Waals surface area contributed by atoms with Crippen LogP contribution in [-0.4, -0.2) is 43.4 Å². The molecule has 2 aromatic carbocycles. The Balaban J connectivity index is 1.71. The number of thiazole rings is 1. The second-order valence-corrected chi connectivity index (χ2v) is 8.17. The number of aromatic nitrogens is 1. The van der Waals surface area contributed by atoms with Crippen molar-refractivity contribution in [1.29, 1.82) is 0 Å². The van der Waals surface area contributed by atoms with Gasteiger partial charge in [0.1, 0.15) is 11.3 Å². The first kappa shape index (κ1) is 21.5. The molecule has 1 atom stereocenters. The lowest BCUT2D eigenvalue weighted by Gasteiger charge is -2.23. The van der Waals surface area contributed by atoms with Crippen molar-refractivity contribution >= 4 is 32.6 Å². The zero-order valence-electron chi connectivity index (χ0n) is 17.6. The number of ether oxygens (including phenoxy) is 3. The fourth-order valence-corrected chi connectivity index (χ4v) is 4.59. The molecule has 0 saturated carbocycles. The smallest absolute Gasteiger partial charge is 0.260 e. The van der Waals surface area contributed by atoms with E-state index in [-0.39, 0.29) is 17.5 Å². The summed E-state index contributed by atoms with van der Waals surface area (Å²) in [5.41, 5.74) is 0.721. The fraction of sp³-hybridized carbons (Fsp3) is 0.391. The Morgan fingerprint density at radius 3 is 2.74 bits per heavy atom. The van der Waals surface area contributed by atoms with Gasteiger partial charge in [0.2, 0.25) is 0 Å². The van der Waals surface area contributed by atoms with Crippen LogP contribution in [0.15, 0.2) is 36.4 Å². The summed E-state index contributed by atoms with van der Waals surface area (Å²) in [5.74, 6) is 0.472. The minimum Gasteiger partial charge on any atom is -0.490 e. The highest BCUT2D eigenvalue weighted by Crippen LogP contribution is 2.34. The van der Waals surface area contributed by atoms with Gasteiger partial charge in [-0.1, -0.05) is 17.4 Å². The summed E-state index contributed by atoms with van der Waals surface area (Å²) >= 11 is 1.29. The molecule has 1 amide bonds. The van der Waals surface area contributed by atoms with Crippen molar-refractivity contribution in [3.63, 3.8) is 0 Å². The Morgan fingerprint density at radius 2 is 2.03 bits per heavy atom. The van der Waals surface area contributed by atoms with E-state index < -0.39 is 5.82 Å². The van der Waals surface area contributed by atoms with Crippen molar-refractivity contribution in [3.05, 3.63) is 47.8 Å². The van der Waals surface area contributed by atoms with Crippen LogP contribution < -0.4 is 14.4 Å². The van der Waals surface area contributed by atoms with Crippen LogP contribution in [-0.2, 0) is 4.74 Å². The molecule has 0 spiro atoms. The topological polar surface area (TPSA) is 60.9 Å². The average Bonchev–Trinajstić information content (AvgIpc) is 3.43. The number of hydrogen-bond donors (Lipinski definition) is 0. The molecule has 0 N–H and O–H groups in total. The number of halogens is 1. The number of para-hydroxylation sites is 1. The Kier molecular flexibility index (Phi) is 6.67. The number of nitrogens with zero attached hydrogens (tertiary/aromatic N) is 2. The molecule has 8 heteroatoms.